The van der Waals surface area contributed by atoms with Gasteiger partial charge in [-0.1, -0.05) is 0 Å². The van der Waals surface area contributed by atoms with E-state index >= 15 is 0 Å². The van der Waals surface area contributed by atoms with Crippen LogP contribution in [-0.4, -0.2) is 28.8 Å². The first-order valence-electron chi connectivity index (χ1n) is 11.0. The van der Waals surface area contributed by atoms with E-state index in [4.69, 9.17) is 21.1 Å². The molecule has 0 bridgehead atoms. The second-order valence-corrected chi connectivity index (χ2v) is 9.95. The molecular formula is C23H31BrClN4O4+. The minimum absolute atomic E-state index is 0.0261. The summed E-state index contributed by atoms with van der Waals surface area (Å²) < 4.78 is 15.9. The van der Waals surface area contributed by atoms with Crippen LogP contribution in [0.3, 0.4) is 0 Å². The number of nitrogens with one attached hydrogen (secondary N) is 2. The number of alkyl carbamates (subject to hydrolysis) is 2. The third-order valence-electron chi connectivity index (χ3n) is 5.29. The average molecular weight is 543 g/mol. The Morgan fingerprint density at radius 1 is 1.12 bits per heavy atom. The maximum absolute atomic E-state index is 12.2. The van der Waals surface area contributed by atoms with Gasteiger partial charge in [0.15, 0.2) is 6.20 Å². The number of nitrogens with zero attached hydrogens (tertiary/aromatic N) is 2. The molecule has 0 fully saturated rings. The summed E-state index contributed by atoms with van der Waals surface area (Å²) in [5, 5.41) is 6.07. The number of aryl methyl sites for hydroxylation is 1. The second kappa shape index (κ2) is 10.8. The van der Waals surface area contributed by atoms with Crippen molar-refractivity contribution in [3.63, 3.8) is 0 Å². The molecule has 0 unspecified atom stereocenters. The molecule has 2 aromatic rings. The van der Waals surface area contributed by atoms with Crippen LogP contribution in [0.1, 0.15) is 50.9 Å². The molecule has 180 valence electrons. The van der Waals surface area contributed by atoms with Gasteiger partial charge in [0.2, 0.25) is 0 Å². The van der Waals surface area contributed by atoms with Crippen molar-refractivity contribution in [2.24, 2.45) is 7.05 Å². The second-order valence-electron chi connectivity index (χ2n) is 8.74. The van der Waals surface area contributed by atoms with E-state index in [9.17, 15) is 9.59 Å². The highest BCUT2D eigenvalue weighted by molar-refractivity contribution is 9.10. The topological polar surface area (TPSA) is 85.5 Å². The SMILES string of the molecule is CC(C)NC(=O)OCc1c(COC(=O)NC(C)C)c(-c2cc(Br)c(Cl)[n+](C)c2)n2c1CCC2. The van der Waals surface area contributed by atoms with Gasteiger partial charge in [-0.2, -0.15) is 4.57 Å². The number of pyridine rings is 1. The largest absolute Gasteiger partial charge is 0.445 e. The van der Waals surface area contributed by atoms with Crippen LogP contribution in [0.15, 0.2) is 16.7 Å². The van der Waals surface area contributed by atoms with Crippen molar-refractivity contribution in [1.29, 1.82) is 0 Å². The molecule has 8 nitrogen and oxygen atoms in total. The summed E-state index contributed by atoms with van der Waals surface area (Å²) in [6.07, 6.45) is 2.83. The molecule has 0 spiro atoms. The van der Waals surface area contributed by atoms with Gasteiger partial charge in [-0.3, -0.25) is 0 Å². The summed E-state index contributed by atoms with van der Waals surface area (Å²) in [4.78, 5) is 24.4. The van der Waals surface area contributed by atoms with Crippen molar-refractivity contribution in [2.75, 3.05) is 0 Å². The Balaban J connectivity index is 2.03. The van der Waals surface area contributed by atoms with Crippen molar-refractivity contribution in [3.05, 3.63) is 38.7 Å². The molecule has 1 aliphatic rings. The third kappa shape index (κ3) is 6.00. The molecule has 2 aromatic heterocycles. The van der Waals surface area contributed by atoms with E-state index in [1.807, 2.05) is 51.6 Å². The van der Waals surface area contributed by atoms with Gasteiger partial charge in [0.25, 0.3) is 5.15 Å². The van der Waals surface area contributed by atoms with Gasteiger partial charge < -0.3 is 24.7 Å². The lowest BCUT2D eigenvalue weighted by Gasteiger charge is -2.14. The molecule has 33 heavy (non-hydrogen) atoms. The van der Waals surface area contributed by atoms with Crippen LogP contribution in [0.2, 0.25) is 5.15 Å². The Labute approximate surface area is 207 Å². The van der Waals surface area contributed by atoms with E-state index in [2.05, 4.69) is 31.1 Å². The number of carbonyl (C=O) groups excluding carboxylic acids is 2. The van der Waals surface area contributed by atoms with Crippen LogP contribution < -0.4 is 15.2 Å². The number of fused-ring (bicyclic) bond motifs is 1. The van der Waals surface area contributed by atoms with Crippen LogP contribution in [0.5, 0.6) is 0 Å². The van der Waals surface area contributed by atoms with E-state index in [1.54, 1.807) is 0 Å². The van der Waals surface area contributed by atoms with Crippen molar-refractivity contribution in [3.8, 4) is 11.3 Å². The Morgan fingerprint density at radius 2 is 1.70 bits per heavy atom. The zero-order valence-corrected chi connectivity index (χ0v) is 22.0. The molecule has 0 radical (unpaired) electrons. The minimum atomic E-state index is -0.491. The Morgan fingerprint density at radius 3 is 2.24 bits per heavy atom. The van der Waals surface area contributed by atoms with Crippen LogP contribution in [0, 0.1) is 0 Å². The summed E-state index contributed by atoms with van der Waals surface area (Å²) in [6, 6.07) is 1.89. The number of amides is 2. The molecule has 10 heteroatoms. The van der Waals surface area contributed by atoms with E-state index in [1.165, 1.54) is 0 Å². The van der Waals surface area contributed by atoms with Crippen molar-refractivity contribution in [2.45, 2.75) is 72.4 Å². The Hall–Kier alpha value is -2.26. The monoisotopic (exact) mass is 541 g/mol. The average Bonchev–Trinajstić information content (AvgIpc) is 3.28. The zero-order chi connectivity index (χ0) is 24.3. The van der Waals surface area contributed by atoms with Crippen LogP contribution in [-0.2, 0) is 42.7 Å². The molecule has 2 amide bonds. The van der Waals surface area contributed by atoms with E-state index in [0.29, 0.717) is 5.15 Å². The fraction of sp³-hybridized carbons (Fsp3) is 0.522. The van der Waals surface area contributed by atoms with Crippen molar-refractivity contribution in [1.82, 2.24) is 15.2 Å². The maximum Gasteiger partial charge on any atom is 0.407 e. The summed E-state index contributed by atoms with van der Waals surface area (Å²) >= 11 is 9.88. The fourth-order valence-corrected chi connectivity index (χ4v) is 4.63. The number of hydrogen-bond acceptors (Lipinski definition) is 4. The predicted octanol–water partition coefficient (Wildman–Crippen LogP) is 4.61. The molecule has 3 rings (SSSR count). The summed E-state index contributed by atoms with van der Waals surface area (Å²) in [5.74, 6) is 0. The van der Waals surface area contributed by atoms with Gasteiger partial charge in [0.1, 0.15) is 24.7 Å². The fourth-order valence-electron chi connectivity index (χ4n) is 4.00. The van der Waals surface area contributed by atoms with E-state index in [-0.39, 0.29) is 25.3 Å². The molecule has 0 atom stereocenters. The number of hydrogen-bond donors (Lipinski definition) is 2. The molecule has 0 saturated heterocycles. The number of ether oxygens (including phenoxy) is 2. The Kier molecular flexibility index (Phi) is 8.28. The van der Waals surface area contributed by atoms with Crippen molar-refractivity contribution >= 4 is 39.7 Å². The molecule has 3 heterocycles. The summed E-state index contributed by atoms with van der Waals surface area (Å²) in [6.45, 7) is 8.48. The first kappa shape index (κ1) is 25.4. The number of aromatic nitrogens is 2. The first-order valence-corrected chi connectivity index (χ1v) is 12.2. The molecule has 1 aliphatic heterocycles. The minimum Gasteiger partial charge on any atom is -0.445 e. The van der Waals surface area contributed by atoms with Crippen LogP contribution >= 0.6 is 27.5 Å². The Bertz CT molecular complexity index is 1030. The van der Waals surface area contributed by atoms with Gasteiger partial charge in [0.05, 0.1) is 11.3 Å². The lowest BCUT2D eigenvalue weighted by molar-refractivity contribution is -0.669. The molecule has 0 aliphatic carbocycles. The lowest BCUT2D eigenvalue weighted by atomic mass is 10.0. The molecule has 2 N–H and O–H groups in total. The maximum atomic E-state index is 12.2. The third-order valence-corrected chi connectivity index (χ3v) is 6.60. The molecule has 0 saturated carbocycles. The van der Waals surface area contributed by atoms with Gasteiger partial charge in [-0.05, 0) is 74.1 Å². The quantitative estimate of drug-likeness (QED) is 0.395. The summed E-state index contributed by atoms with van der Waals surface area (Å²) in [7, 11) is 1.87. The standard InChI is InChI=1S/C23H30BrClN4O4/c1-13(2)26-22(30)32-11-16-17(12-33-23(31)27-14(3)4)20(29-8-6-7-19(16)29)15-9-18(24)21(25)28(5)10-15/h9-10,13-14H,6-8,11-12H2,1-5H3,(H-,26,27,30,31)/p+1. The first-order chi connectivity index (χ1) is 15.6. The predicted molar refractivity (Wildman–Crippen MR) is 129 cm³/mol. The number of halogens is 2. The highest BCUT2D eigenvalue weighted by Crippen LogP contribution is 2.38. The highest BCUT2D eigenvalue weighted by atomic mass is 79.9. The van der Waals surface area contributed by atoms with E-state index < -0.39 is 12.2 Å². The van der Waals surface area contributed by atoms with Gasteiger partial charge >= 0.3 is 12.2 Å². The van der Waals surface area contributed by atoms with Crippen LogP contribution in [0.25, 0.3) is 11.3 Å². The zero-order valence-electron chi connectivity index (χ0n) is 19.6. The number of carbonyl (C=O) groups is 2. The van der Waals surface area contributed by atoms with Gasteiger partial charge in [-0.25, -0.2) is 9.59 Å². The number of rotatable bonds is 7. The normalized spacial score (nSPS) is 12.8. The molecule has 0 aromatic carbocycles. The lowest BCUT2D eigenvalue weighted by Crippen LogP contribution is -2.31. The highest BCUT2D eigenvalue weighted by Gasteiger charge is 2.30. The van der Waals surface area contributed by atoms with Gasteiger partial charge in [0, 0.05) is 35.4 Å². The van der Waals surface area contributed by atoms with Crippen LogP contribution in [0.4, 0.5) is 9.59 Å². The smallest absolute Gasteiger partial charge is 0.407 e. The molecular weight excluding hydrogens is 512 g/mol. The van der Waals surface area contributed by atoms with E-state index in [0.717, 1.165) is 51.9 Å². The van der Waals surface area contributed by atoms with Crippen molar-refractivity contribution < 1.29 is 23.6 Å². The van der Waals surface area contributed by atoms with Gasteiger partial charge in [-0.15, -0.1) is 0 Å². The summed E-state index contributed by atoms with van der Waals surface area (Å²) in [5.41, 5.74) is 4.68.